The second-order valence-corrected chi connectivity index (χ2v) is 3.92. The third kappa shape index (κ3) is 3.43. The second kappa shape index (κ2) is 6.34. The lowest BCUT2D eigenvalue weighted by molar-refractivity contribution is -0.155. The first kappa shape index (κ1) is 14.4. The molecule has 0 aromatic carbocycles. The SMILES string of the molecule is CCOC(=O)[C@H]1C(=O)N(CCOC(C)=O)C[C@@H]1O. The lowest BCUT2D eigenvalue weighted by Gasteiger charge is -2.15. The van der Waals surface area contributed by atoms with Gasteiger partial charge in [-0.05, 0) is 6.92 Å². The number of aliphatic hydroxyl groups is 1. The zero-order valence-corrected chi connectivity index (χ0v) is 10.4. The van der Waals surface area contributed by atoms with Crippen LogP contribution in [0.15, 0.2) is 0 Å². The number of hydrogen-bond acceptors (Lipinski definition) is 6. The molecule has 7 heteroatoms. The minimum absolute atomic E-state index is 0.0450. The van der Waals surface area contributed by atoms with Gasteiger partial charge in [0.05, 0.1) is 19.3 Å². The molecule has 0 aliphatic carbocycles. The van der Waals surface area contributed by atoms with Gasteiger partial charge in [-0.25, -0.2) is 0 Å². The zero-order valence-electron chi connectivity index (χ0n) is 10.4. The molecule has 0 bridgehead atoms. The van der Waals surface area contributed by atoms with E-state index in [1.54, 1.807) is 6.92 Å². The van der Waals surface area contributed by atoms with Crippen LogP contribution in [0.2, 0.25) is 0 Å². The van der Waals surface area contributed by atoms with Gasteiger partial charge in [0.15, 0.2) is 5.92 Å². The van der Waals surface area contributed by atoms with E-state index in [1.165, 1.54) is 11.8 Å². The molecule has 1 heterocycles. The molecular formula is C11H17NO6. The van der Waals surface area contributed by atoms with Crippen LogP contribution < -0.4 is 0 Å². The van der Waals surface area contributed by atoms with Gasteiger partial charge < -0.3 is 19.5 Å². The van der Waals surface area contributed by atoms with Gasteiger partial charge in [0.1, 0.15) is 6.61 Å². The standard InChI is InChI=1S/C11H17NO6/c1-3-17-11(16)9-8(14)6-12(10(9)15)4-5-18-7(2)13/h8-9,14H,3-6H2,1-2H3/t8-,9+/m0/s1. The molecule has 0 aromatic rings. The monoisotopic (exact) mass is 259 g/mol. The summed E-state index contributed by atoms with van der Waals surface area (Å²) in [4.78, 5) is 35.2. The summed E-state index contributed by atoms with van der Waals surface area (Å²) in [6.07, 6.45) is -1.08. The van der Waals surface area contributed by atoms with Crippen molar-refractivity contribution in [3.8, 4) is 0 Å². The number of aliphatic hydroxyl groups excluding tert-OH is 1. The summed E-state index contributed by atoms with van der Waals surface area (Å²) < 4.78 is 9.43. The maximum absolute atomic E-state index is 11.8. The number of carbonyl (C=O) groups is 3. The zero-order chi connectivity index (χ0) is 13.7. The largest absolute Gasteiger partial charge is 0.465 e. The first-order valence-corrected chi connectivity index (χ1v) is 5.74. The van der Waals surface area contributed by atoms with Gasteiger partial charge in [-0.1, -0.05) is 0 Å². The Hall–Kier alpha value is -1.63. The molecule has 1 amide bonds. The summed E-state index contributed by atoms with van der Waals surface area (Å²) >= 11 is 0. The van der Waals surface area contributed by atoms with Crippen LogP contribution in [0, 0.1) is 5.92 Å². The number of carbonyl (C=O) groups excluding carboxylic acids is 3. The van der Waals surface area contributed by atoms with Crippen molar-refractivity contribution in [3.63, 3.8) is 0 Å². The summed E-state index contributed by atoms with van der Waals surface area (Å²) in [7, 11) is 0. The van der Waals surface area contributed by atoms with E-state index in [9.17, 15) is 19.5 Å². The quantitative estimate of drug-likeness (QED) is 0.499. The van der Waals surface area contributed by atoms with E-state index in [1.807, 2.05) is 0 Å². The van der Waals surface area contributed by atoms with Crippen LogP contribution in [-0.2, 0) is 23.9 Å². The first-order chi connectivity index (χ1) is 8.47. The number of hydrogen-bond donors (Lipinski definition) is 1. The lowest BCUT2D eigenvalue weighted by atomic mass is 10.1. The minimum atomic E-state index is -1.16. The van der Waals surface area contributed by atoms with Crippen molar-refractivity contribution in [1.29, 1.82) is 0 Å². The Morgan fingerprint density at radius 3 is 2.67 bits per heavy atom. The fraction of sp³-hybridized carbons (Fsp3) is 0.727. The molecule has 18 heavy (non-hydrogen) atoms. The molecule has 1 saturated heterocycles. The average molecular weight is 259 g/mol. The summed E-state index contributed by atoms with van der Waals surface area (Å²) in [5.41, 5.74) is 0. The Labute approximate surface area is 105 Å². The maximum atomic E-state index is 11.8. The topological polar surface area (TPSA) is 93.1 Å². The van der Waals surface area contributed by atoms with Crippen LogP contribution >= 0.6 is 0 Å². The van der Waals surface area contributed by atoms with Crippen LogP contribution in [0.4, 0.5) is 0 Å². The number of likely N-dealkylation sites (tertiary alicyclic amines) is 1. The molecule has 1 aliphatic rings. The van der Waals surface area contributed by atoms with Gasteiger partial charge in [0.25, 0.3) is 0 Å². The molecule has 0 saturated carbocycles. The van der Waals surface area contributed by atoms with Crippen LogP contribution in [0.25, 0.3) is 0 Å². The first-order valence-electron chi connectivity index (χ1n) is 5.74. The van der Waals surface area contributed by atoms with Crippen LogP contribution in [0.3, 0.4) is 0 Å². The van der Waals surface area contributed by atoms with Crippen molar-refractivity contribution in [2.75, 3.05) is 26.3 Å². The Balaban J connectivity index is 2.52. The third-order valence-corrected chi connectivity index (χ3v) is 2.58. The highest BCUT2D eigenvalue weighted by Gasteiger charge is 2.45. The molecule has 0 unspecified atom stereocenters. The van der Waals surface area contributed by atoms with Crippen molar-refractivity contribution in [3.05, 3.63) is 0 Å². The normalized spacial score (nSPS) is 23.1. The van der Waals surface area contributed by atoms with Gasteiger partial charge in [0.2, 0.25) is 5.91 Å². The van der Waals surface area contributed by atoms with Crippen LogP contribution in [0.1, 0.15) is 13.8 Å². The van der Waals surface area contributed by atoms with Crippen molar-refractivity contribution >= 4 is 17.8 Å². The van der Waals surface area contributed by atoms with Crippen LogP contribution in [-0.4, -0.2) is 60.3 Å². The van der Waals surface area contributed by atoms with Gasteiger partial charge in [-0.3, -0.25) is 14.4 Å². The highest BCUT2D eigenvalue weighted by atomic mass is 16.5. The van der Waals surface area contributed by atoms with E-state index in [0.717, 1.165) is 0 Å². The smallest absolute Gasteiger partial charge is 0.321 e. The molecular weight excluding hydrogens is 242 g/mol. The summed E-state index contributed by atoms with van der Waals surface area (Å²) in [6.45, 7) is 3.30. The summed E-state index contributed by atoms with van der Waals surface area (Å²) in [5, 5.41) is 9.66. The molecule has 1 fully saturated rings. The number of ether oxygens (including phenoxy) is 2. The predicted molar refractivity (Wildman–Crippen MR) is 59.3 cm³/mol. The van der Waals surface area contributed by atoms with E-state index in [2.05, 4.69) is 0 Å². The second-order valence-electron chi connectivity index (χ2n) is 3.92. The fourth-order valence-electron chi connectivity index (χ4n) is 1.77. The number of rotatable bonds is 5. The Morgan fingerprint density at radius 1 is 1.44 bits per heavy atom. The summed E-state index contributed by atoms with van der Waals surface area (Å²) in [5.74, 6) is -2.82. The predicted octanol–water partition coefficient (Wildman–Crippen LogP) is -1.07. The molecule has 1 N–H and O–H groups in total. The number of esters is 2. The van der Waals surface area contributed by atoms with E-state index in [-0.39, 0.29) is 26.3 Å². The molecule has 0 spiro atoms. The Kier molecular flexibility index (Phi) is 5.08. The molecule has 0 aromatic heterocycles. The van der Waals surface area contributed by atoms with Gasteiger partial charge in [-0.2, -0.15) is 0 Å². The van der Waals surface area contributed by atoms with Gasteiger partial charge in [-0.15, -0.1) is 0 Å². The molecule has 1 aliphatic heterocycles. The van der Waals surface area contributed by atoms with Crippen molar-refractivity contribution in [2.45, 2.75) is 20.0 Å². The highest BCUT2D eigenvalue weighted by molar-refractivity contribution is 6.00. The molecule has 102 valence electrons. The van der Waals surface area contributed by atoms with E-state index >= 15 is 0 Å². The molecule has 0 radical (unpaired) electrons. The van der Waals surface area contributed by atoms with Crippen molar-refractivity contribution < 1.29 is 29.0 Å². The Bertz CT molecular complexity index is 342. The van der Waals surface area contributed by atoms with Gasteiger partial charge >= 0.3 is 11.9 Å². The highest BCUT2D eigenvalue weighted by Crippen LogP contribution is 2.20. The van der Waals surface area contributed by atoms with Crippen LogP contribution in [0.5, 0.6) is 0 Å². The molecule has 1 rings (SSSR count). The Morgan fingerprint density at radius 2 is 2.11 bits per heavy atom. The number of β-amino-alcohol motifs (C(OH)–C–C–N with tert-alkyl or cyclic N) is 1. The van der Waals surface area contributed by atoms with Crippen molar-refractivity contribution in [2.24, 2.45) is 5.92 Å². The van der Waals surface area contributed by atoms with Gasteiger partial charge in [0, 0.05) is 13.5 Å². The fourth-order valence-corrected chi connectivity index (χ4v) is 1.77. The average Bonchev–Trinajstić information content (AvgIpc) is 2.54. The minimum Gasteiger partial charge on any atom is -0.465 e. The number of nitrogens with zero attached hydrogens (tertiary/aromatic N) is 1. The summed E-state index contributed by atoms with van der Waals surface area (Å²) in [6, 6.07) is 0. The maximum Gasteiger partial charge on any atom is 0.321 e. The van der Waals surface area contributed by atoms with E-state index in [0.29, 0.717) is 0 Å². The lowest BCUT2D eigenvalue weighted by Crippen LogP contribution is -2.34. The number of amides is 1. The third-order valence-electron chi connectivity index (χ3n) is 2.58. The van der Waals surface area contributed by atoms with E-state index < -0.39 is 29.9 Å². The molecule has 2 atom stereocenters. The molecule has 7 nitrogen and oxygen atoms in total. The van der Waals surface area contributed by atoms with Crippen molar-refractivity contribution in [1.82, 2.24) is 4.90 Å². The van der Waals surface area contributed by atoms with E-state index in [4.69, 9.17) is 9.47 Å².